The number of hydrogen-bond acceptors (Lipinski definition) is 4. The van der Waals surface area contributed by atoms with E-state index in [1.54, 1.807) is 24.0 Å². The van der Waals surface area contributed by atoms with Gasteiger partial charge in [0.05, 0.1) is 19.9 Å². The molecule has 3 heterocycles. The Labute approximate surface area is 215 Å². The minimum absolute atomic E-state index is 0.0252. The lowest BCUT2D eigenvalue weighted by Crippen LogP contribution is -2.67. The molecule has 0 bridgehead atoms. The second-order valence-electron chi connectivity index (χ2n) is 9.83. The Balaban J connectivity index is 1.48. The van der Waals surface area contributed by atoms with Crippen molar-refractivity contribution in [1.82, 2.24) is 14.8 Å². The maximum Gasteiger partial charge on any atom is 0.255 e. The number of para-hydroxylation sites is 2. The predicted octanol–water partition coefficient (Wildman–Crippen LogP) is 4.42. The number of H-pyrrole nitrogens is 1. The van der Waals surface area contributed by atoms with Crippen LogP contribution in [0.4, 0.5) is 0 Å². The molecule has 4 aromatic rings. The van der Waals surface area contributed by atoms with Gasteiger partial charge in [-0.15, -0.1) is 0 Å². The first-order chi connectivity index (χ1) is 18.0. The first-order valence-corrected chi connectivity index (χ1v) is 12.4. The third-order valence-corrected chi connectivity index (χ3v) is 7.89. The second kappa shape index (κ2) is 8.69. The summed E-state index contributed by atoms with van der Waals surface area (Å²) in [6.07, 6.45) is 0. The number of ether oxygens (including phenoxy) is 2. The summed E-state index contributed by atoms with van der Waals surface area (Å²) in [5.41, 5.74) is 3.60. The van der Waals surface area contributed by atoms with Gasteiger partial charge in [-0.2, -0.15) is 0 Å². The van der Waals surface area contributed by atoms with Gasteiger partial charge >= 0.3 is 0 Å². The van der Waals surface area contributed by atoms with Crippen molar-refractivity contribution in [2.75, 3.05) is 27.3 Å². The molecule has 0 spiro atoms. The molecule has 2 aliphatic rings. The fourth-order valence-electron chi connectivity index (χ4n) is 5.98. The molecule has 2 atom stereocenters. The van der Waals surface area contributed by atoms with E-state index in [1.165, 1.54) is 0 Å². The van der Waals surface area contributed by atoms with Gasteiger partial charge in [0.2, 0.25) is 5.91 Å². The molecule has 6 rings (SSSR count). The number of methoxy groups -OCH3 is 2. The summed E-state index contributed by atoms with van der Waals surface area (Å²) in [6.45, 7) is 2.62. The van der Waals surface area contributed by atoms with Gasteiger partial charge in [-0.05, 0) is 42.3 Å². The lowest BCUT2D eigenvalue weighted by molar-refractivity contribution is -0.166. The Kier molecular flexibility index (Phi) is 5.44. The number of benzene rings is 3. The molecule has 0 aliphatic carbocycles. The maximum atomic E-state index is 14.3. The molecular formula is C30H29N3O4. The molecule has 1 N–H and O–H groups in total. The van der Waals surface area contributed by atoms with Gasteiger partial charge in [-0.1, -0.05) is 48.5 Å². The average molecular weight is 496 g/mol. The van der Waals surface area contributed by atoms with Crippen molar-refractivity contribution in [1.29, 1.82) is 0 Å². The van der Waals surface area contributed by atoms with Crippen LogP contribution in [-0.2, 0) is 21.7 Å². The molecular weight excluding hydrogens is 466 g/mol. The number of carbonyl (C=O) groups is 2. The summed E-state index contributed by atoms with van der Waals surface area (Å²) >= 11 is 0. The fourth-order valence-corrected chi connectivity index (χ4v) is 5.98. The first-order valence-electron chi connectivity index (χ1n) is 12.4. The molecule has 7 heteroatoms. The minimum atomic E-state index is -1.14. The van der Waals surface area contributed by atoms with Gasteiger partial charge in [0.1, 0.15) is 18.0 Å². The van der Waals surface area contributed by atoms with Gasteiger partial charge in [0.15, 0.2) is 5.54 Å². The Morgan fingerprint density at radius 1 is 0.946 bits per heavy atom. The van der Waals surface area contributed by atoms with Crippen molar-refractivity contribution in [2.45, 2.75) is 24.9 Å². The Morgan fingerprint density at radius 3 is 2.43 bits per heavy atom. The summed E-state index contributed by atoms with van der Waals surface area (Å²) in [6, 6.07) is 23.7. The van der Waals surface area contributed by atoms with Crippen LogP contribution < -0.4 is 9.47 Å². The zero-order valence-electron chi connectivity index (χ0n) is 21.2. The van der Waals surface area contributed by atoms with Crippen LogP contribution in [0.1, 0.15) is 35.2 Å². The monoisotopic (exact) mass is 495 g/mol. The van der Waals surface area contributed by atoms with E-state index < -0.39 is 5.54 Å². The highest BCUT2D eigenvalue weighted by atomic mass is 16.5. The number of carbonyl (C=O) groups excluding carboxylic acids is 2. The lowest BCUT2D eigenvalue weighted by atomic mass is 9.76. The van der Waals surface area contributed by atoms with Crippen LogP contribution >= 0.6 is 0 Å². The van der Waals surface area contributed by atoms with Gasteiger partial charge in [-0.25, -0.2) is 0 Å². The van der Waals surface area contributed by atoms with E-state index in [1.807, 2.05) is 73.7 Å². The number of amides is 2. The van der Waals surface area contributed by atoms with Crippen LogP contribution in [0.2, 0.25) is 0 Å². The van der Waals surface area contributed by atoms with Crippen molar-refractivity contribution in [3.05, 3.63) is 95.2 Å². The zero-order chi connectivity index (χ0) is 25.7. The molecule has 2 aliphatic heterocycles. The van der Waals surface area contributed by atoms with E-state index in [-0.39, 0.29) is 24.3 Å². The van der Waals surface area contributed by atoms with Crippen molar-refractivity contribution in [3.63, 3.8) is 0 Å². The van der Waals surface area contributed by atoms with Gasteiger partial charge < -0.3 is 24.3 Å². The van der Waals surface area contributed by atoms with Crippen molar-refractivity contribution in [3.8, 4) is 11.5 Å². The summed E-state index contributed by atoms with van der Waals surface area (Å²) in [5, 5.41) is 1.07. The van der Waals surface area contributed by atoms with Gasteiger partial charge in [-0.3, -0.25) is 9.59 Å². The normalized spacial score (nSPS) is 21.1. The average Bonchev–Trinajstić information content (AvgIpc) is 3.33. The standard InChI is InChI=1S/C30H29N3O4/c1-30-28-27(22-9-5-6-10-24(22)31-28)23(19-12-14-21(36-2)15-13-19)17-33(30)26(34)18-32(29(30)35)16-20-8-4-7-11-25(20)37-3/h4-15,23,31H,16-18H2,1-3H3/t23?,30-/m0/s1. The highest BCUT2D eigenvalue weighted by Gasteiger charge is 2.56. The van der Waals surface area contributed by atoms with Crippen molar-refractivity contribution >= 4 is 22.7 Å². The second-order valence-corrected chi connectivity index (χ2v) is 9.83. The molecule has 1 aromatic heterocycles. The number of hydrogen-bond donors (Lipinski definition) is 1. The van der Waals surface area contributed by atoms with Gasteiger partial charge in [0.25, 0.3) is 5.91 Å². The van der Waals surface area contributed by atoms with Crippen molar-refractivity contribution < 1.29 is 19.1 Å². The Morgan fingerprint density at radius 2 is 1.68 bits per heavy atom. The smallest absolute Gasteiger partial charge is 0.255 e. The van der Waals surface area contributed by atoms with E-state index in [2.05, 4.69) is 11.1 Å². The minimum Gasteiger partial charge on any atom is -0.497 e. The number of rotatable bonds is 5. The highest BCUT2D eigenvalue weighted by molar-refractivity contribution is 6.01. The van der Waals surface area contributed by atoms with Crippen LogP contribution in [0.5, 0.6) is 11.5 Å². The number of aromatic nitrogens is 1. The van der Waals surface area contributed by atoms with Crippen LogP contribution in [0.15, 0.2) is 72.8 Å². The summed E-state index contributed by atoms with van der Waals surface area (Å²) in [7, 11) is 3.26. The zero-order valence-corrected chi connectivity index (χ0v) is 21.2. The molecule has 1 saturated heterocycles. The predicted molar refractivity (Wildman–Crippen MR) is 141 cm³/mol. The molecule has 1 fully saturated rings. The van der Waals surface area contributed by atoms with E-state index in [4.69, 9.17) is 9.47 Å². The number of nitrogens with zero attached hydrogens (tertiary/aromatic N) is 2. The molecule has 0 saturated carbocycles. The molecule has 188 valence electrons. The molecule has 37 heavy (non-hydrogen) atoms. The fraction of sp³-hybridized carbons (Fsp3) is 0.267. The summed E-state index contributed by atoms with van der Waals surface area (Å²) in [4.78, 5) is 34.9. The first kappa shape index (κ1) is 23.2. The Bertz CT molecular complexity index is 1510. The topological polar surface area (TPSA) is 74.9 Å². The molecule has 7 nitrogen and oxygen atoms in total. The third kappa shape index (κ3) is 3.49. The van der Waals surface area contributed by atoms with E-state index in [0.717, 1.165) is 39.0 Å². The van der Waals surface area contributed by atoms with Gasteiger partial charge in [0, 0.05) is 35.5 Å². The number of piperazine rings is 1. The SMILES string of the molecule is COc1ccc(C2CN3C(=O)CN(Cc4ccccc4OC)C(=O)[C@]3(C)c3[nH]c4ccccc4c32)cc1. The third-order valence-electron chi connectivity index (χ3n) is 7.89. The van der Waals surface area contributed by atoms with Crippen LogP contribution in [0.25, 0.3) is 10.9 Å². The van der Waals surface area contributed by atoms with E-state index in [9.17, 15) is 9.59 Å². The largest absolute Gasteiger partial charge is 0.497 e. The lowest BCUT2D eigenvalue weighted by Gasteiger charge is -2.51. The quantitative estimate of drug-likeness (QED) is 0.445. The summed E-state index contributed by atoms with van der Waals surface area (Å²) in [5.74, 6) is 1.23. The van der Waals surface area contributed by atoms with Crippen molar-refractivity contribution in [2.24, 2.45) is 0 Å². The van der Waals surface area contributed by atoms with E-state index >= 15 is 0 Å². The summed E-state index contributed by atoms with van der Waals surface area (Å²) < 4.78 is 10.9. The van der Waals surface area contributed by atoms with Crippen LogP contribution in [0.3, 0.4) is 0 Å². The number of fused-ring (bicyclic) bond motifs is 5. The molecule has 0 radical (unpaired) electrons. The number of nitrogens with one attached hydrogen (secondary N) is 1. The molecule has 3 aromatic carbocycles. The maximum absolute atomic E-state index is 14.3. The van der Waals surface area contributed by atoms with Crippen LogP contribution in [-0.4, -0.2) is 53.9 Å². The molecule has 1 unspecified atom stereocenters. The number of aromatic amines is 1. The van der Waals surface area contributed by atoms with Crippen LogP contribution in [0, 0.1) is 0 Å². The highest BCUT2D eigenvalue weighted by Crippen LogP contribution is 2.48. The Hall–Kier alpha value is -4.26. The van der Waals surface area contributed by atoms with E-state index in [0.29, 0.717) is 18.8 Å². The molecule has 2 amide bonds.